The van der Waals surface area contributed by atoms with Gasteiger partial charge in [-0.1, -0.05) is 56.6 Å². The van der Waals surface area contributed by atoms with Crippen LogP contribution in [0.1, 0.15) is 91.4 Å². The predicted molar refractivity (Wildman–Crippen MR) is 124 cm³/mol. The Hall–Kier alpha value is -0.900. The van der Waals surface area contributed by atoms with Crippen molar-refractivity contribution in [1.82, 2.24) is 0 Å². The minimum Gasteiger partial charge on any atom is -0.393 e. The molecule has 0 aromatic heterocycles. The van der Waals surface area contributed by atoms with Gasteiger partial charge in [-0.3, -0.25) is 0 Å². The fourth-order valence-electron chi connectivity index (χ4n) is 6.69. The van der Waals surface area contributed by atoms with E-state index in [0.29, 0.717) is 23.7 Å². The van der Waals surface area contributed by atoms with Gasteiger partial charge in [0.15, 0.2) is 0 Å². The lowest BCUT2D eigenvalue weighted by atomic mass is 9.60. The highest BCUT2D eigenvalue weighted by atomic mass is 16.3. The summed E-state index contributed by atoms with van der Waals surface area (Å²) >= 11 is 0. The Labute approximate surface area is 184 Å². The molecule has 0 amide bonds. The minimum atomic E-state index is -0.938. The monoisotopic (exact) mass is 416 g/mol. The average molecular weight is 417 g/mol. The topological polar surface area (TPSA) is 60.7 Å². The summed E-state index contributed by atoms with van der Waals surface area (Å²) in [6, 6.07) is 0. The first-order valence-corrected chi connectivity index (χ1v) is 12.3. The molecule has 6 atom stereocenters. The van der Waals surface area contributed by atoms with Crippen molar-refractivity contribution in [3.63, 3.8) is 0 Å². The van der Waals surface area contributed by atoms with Crippen LogP contribution in [-0.4, -0.2) is 33.6 Å². The Morgan fingerprint density at radius 1 is 1.23 bits per heavy atom. The summed E-state index contributed by atoms with van der Waals surface area (Å²) < 4.78 is 0. The van der Waals surface area contributed by atoms with Gasteiger partial charge in [-0.25, -0.2) is 0 Å². The van der Waals surface area contributed by atoms with Crippen LogP contribution < -0.4 is 0 Å². The molecule has 0 heterocycles. The normalized spacial score (nSPS) is 37.9. The maximum atomic E-state index is 10.1. The Morgan fingerprint density at radius 3 is 2.73 bits per heavy atom. The summed E-state index contributed by atoms with van der Waals surface area (Å²) in [6.07, 6.45) is 16.1. The molecule has 3 aliphatic rings. The molecule has 0 aromatic carbocycles. The molecular formula is C27H44O3. The number of allylic oxidation sites excluding steroid dienone is 4. The van der Waals surface area contributed by atoms with Gasteiger partial charge in [0.05, 0.1) is 18.3 Å². The van der Waals surface area contributed by atoms with E-state index < -0.39 is 5.60 Å². The van der Waals surface area contributed by atoms with Crippen molar-refractivity contribution in [3.8, 4) is 0 Å². The van der Waals surface area contributed by atoms with Gasteiger partial charge in [0, 0.05) is 0 Å². The van der Waals surface area contributed by atoms with Gasteiger partial charge in [0.1, 0.15) is 0 Å². The minimum absolute atomic E-state index is 0.155. The van der Waals surface area contributed by atoms with E-state index in [4.69, 9.17) is 0 Å². The molecule has 0 saturated heterocycles. The van der Waals surface area contributed by atoms with Crippen molar-refractivity contribution >= 4 is 0 Å². The van der Waals surface area contributed by atoms with Gasteiger partial charge in [-0.2, -0.15) is 0 Å². The van der Waals surface area contributed by atoms with E-state index in [9.17, 15) is 15.3 Å². The van der Waals surface area contributed by atoms with Crippen molar-refractivity contribution < 1.29 is 15.3 Å². The predicted octanol–water partition coefficient (Wildman–Crippen LogP) is 5.71. The zero-order valence-corrected chi connectivity index (χ0v) is 19.5. The van der Waals surface area contributed by atoms with Crippen molar-refractivity contribution in [2.24, 2.45) is 23.2 Å². The Kier molecular flexibility index (Phi) is 7.69. The van der Waals surface area contributed by atoms with Crippen LogP contribution in [0.5, 0.6) is 0 Å². The summed E-state index contributed by atoms with van der Waals surface area (Å²) in [5.41, 5.74) is 3.50. The third-order valence-electron chi connectivity index (χ3n) is 8.63. The number of fused-ring (bicyclic) bond motifs is 1. The van der Waals surface area contributed by atoms with E-state index in [1.54, 1.807) is 12.5 Å². The quantitative estimate of drug-likeness (QED) is 0.498. The third kappa shape index (κ3) is 5.29. The van der Waals surface area contributed by atoms with Crippen LogP contribution in [0.25, 0.3) is 0 Å². The van der Waals surface area contributed by atoms with Gasteiger partial charge in [-0.05, 0) is 93.5 Å². The number of rotatable bonds is 7. The lowest BCUT2D eigenvalue weighted by Crippen LogP contribution is -2.36. The van der Waals surface area contributed by atoms with Gasteiger partial charge < -0.3 is 15.3 Å². The molecule has 170 valence electrons. The first kappa shape index (κ1) is 23.8. The number of hydrogen-bond donors (Lipinski definition) is 3. The zero-order valence-electron chi connectivity index (χ0n) is 19.5. The second-order valence-corrected chi connectivity index (χ2v) is 11.1. The summed E-state index contributed by atoms with van der Waals surface area (Å²) in [5.74, 6) is 2.07. The molecule has 3 N–H and O–H groups in total. The van der Waals surface area contributed by atoms with Crippen molar-refractivity contribution in [2.75, 3.05) is 6.61 Å². The highest BCUT2D eigenvalue weighted by molar-refractivity contribution is 5.36. The van der Waals surface area contributed by atoms with Crippen LogP contribution in [0.4, 0.5) is 0 Å². The summed E-state index contributed by atoms with van der Waals surface area (Å²) in [7, 11) is 0. The molecule has 0 radical (unpaired) electrons. The average Bonchev–Trinajstić information content (AvgIpc) is 3.06. The van der Waals surface area contributed by atoms with Gasteiger partial charge in [0.2, 0.25) is 0 Å². The van der Waals surface area contributed by atoms with Crippen molar-refractivity contribution in [2.45, 2.75) is 103 Å². The molecule has 3 nitrogen and oxygen atoms in total. The fraction of sp³-hybridized carbons (Fsp3) is 0.778. The molecule has 0 aliphatic heterocycles. The van der Waals surface area contributed by atoms with Crippen LogP contribution in [0, 0.1) is 23.2 Å². The van der Waals surface area contributed by atoms with Crippen LogP contribution >= 0.6 is 0 Å². The molecule has 3 rings (SSSR count). The SMILES string of the molecule is C=C1CC[C@H](O)C/C1=C/C=C1CCC[C@@]2(C)C1CC[C@@H]2[C@H](C)CCC[C@@](C)(O)CO. The van der Waals surface area contributed by atoms with E-state index in [-0.39, 0.29) is 12.7 Å². The van der Waals surface area contributed by atoms with Crippen LogP contribution in [-0.2, 0) is 0 Å². The summed E-state index contributed by atoms with van der Waals surface area (Å²) in [6.45, 7) is 10.7. The molecular weight excluding hydrogens is 372 g/mol. The molecule has 3 aliphatic carbocycles. The highest BCUT2D eigenvalue weighted by Gasteiger charge is 2.50. The van der Waals surface area contributed by atoms with Crippen LogP contribution in [0.3, 0.4) is 0 Å². The zero-order chi connectivity index (χ0) is 21.9. The van der Waals surface area contributed by atoms with Gasteiger partial charge >= 0.3 is 0 Å². The Bertz CT molecular complexity index is 674. The van der Waals surface area contributed by atoms with E-state index in [1.165, 1.54) is 43.3 Å². The third-order valence-corrected chi connectivity index (χ3v) is 8.63. The van der Waals surface area contributed by atoms with Crippen LogP contribution in [0.2, 0.25) is 0 Å². The Balaban J connectivity index is 1.66. The smallest absolute Gasteiger partial charge is 0.0849 e. The first-order chi connectivity index (χ1) is 14.2. The van der Waals surface area contributed by atoms with Crippen molar-refractivity contribution in [3.05, 3.63) is 35.5 Å². The highest BCUT2D eigenvalue weighted by Crippen LogP contribution is 2.60. The van der Waals surface area contributed by atoms with Gasteiger partial charge in [-0.15, -0.1) is 0 Å². The lowest BCUT2D eigenvalue weighted by molar-refractivity contribution is -0.00891. The molecule has 0 spiro atoms. The summed E-state index contributed by atoms with van der Waals surface area (Å²) in [4.78, 5) is 0. The second kappa shape index (κ2) is 9.71. The maximum Gasteiger partial charge on any atom is 0.0849 e. The van der Waals surface area contributed by atoms with Gasteiger partial charge in [0.25, 0.3) is 0 Å². The first-order valence-electron chi connectivity index (χ1n) is 12.3. The van der Waals surface area contributed by atoms with Crippen molar-refractivity contribution in [1.29, 1.82) is 0 Å². The standard InChI is InChI=1S/C27H44O3/c1-19-9-12-23(29)17-22(19)11-10-21-8-6-16-27(4)24(13-14-25(21)27)20(2)7-5-15-26(3,30)18-28/h10-11,20,23-25,28-30H,1,5-9,12-18H2,2-4H3/b21-10?,22-11-/t20-,23+,24-,25?,26-,27-/m1/s1. The molecule has 3 saturated carbocycles. The van der Waals surface area contributed by atoms with E-state index in [0.717, 1.165) is 38.0 Å². The Morgan fingerprint density at radius 2 is 2.00 bits per heavy atom. The summed E-state index contributed by atoms with van der Waals surface area (Å²) in [5, 5.41) is 29.4. The fourth-order valence-corrected chi connectivity index (χ4v) is 6.69. The molecule has 1 unspecified atom stereocenters. The molecule has 0 aromatic rings. The van der Waals surface area contributed by atoms with Crippen LogP contribution in [0.15, 0.2) is 35.5 Å². The molecule has 30 heavy (non-hydrogen) atoms. The molecule has 3 heteroatoms. The van der Waals surface area contributed by atoms with E-state index in [2.05, 4.69) is 32.6 Å². The van der Waals surface area contributed by atoms with E-state index in [1.807, 2.05) is 0 Å². The number of aliphatic hydroxyl groups is 3. The number of aliphatic hydroxyl groups excluding tert-OH is 2. The second-order valence-electron chi connectivity index (χ2n) is 11.1. The molecule has 3 fully saturated rings. The largest absolute Gasteiger partial charge is 0.393 e. The lowest BCUT2D eigenvalue weighted by Gasteiger charge is -2.44. The maximum absolute atomic E-state index is 10.1. The number of hydrogen-bond acceptors (Lipinski definition) is 3. The molecule has 0 bridgehead atoms. The van der Waals surface area contributed by atoms with E-state index >= 15 is 0 Å².